The van der Waals surface area contributed by atoms with Crippen LogP contribution in [0.3, 0.4) is 0 Å². The summed E-state index contributed by atoms with van der Waals surface area (Å²) in [6.45, 7) is 4.89. The maximum atomic E-state index is 12.1. The molecular formula is C17H18BrNO2. The van der Waals surface area contributed by atoms with Gasteiger partial charge in [-0.05, 0) is 59.6 Å². The van der Waals surface area contributed by atoms with Crippen LogP contribution in [-0.4, -0.2) is 19.1 Å². The van der Waals surface area contributed by atoms with Crippen LogP contribution in [-0.2, 0) is 0 Å². The Labute approximate surface area is 133 Å². The van der Waals surface area contributed by atoms with Crippen molar-refractivity contribution in [2.45, 2.75) is 13.8 Å². The molecule has 0 fully saturated rings. The molecule has 0 heterocycles. The van der Waals surface area contributed by atoms with E-state index in [0.29, 0.717) is 18.7 Å². The second-order valence-electron chi connectivity index (χ2n) is 4.90. The van der Waals surface area contributed by atoms with Crippen LogP contribution < -0.4 is 10.1 Å². The van der Waals surface area contributed by atoms with E-state index in [-0.39, 0.29) is 5.91 Å². The summed E-state index contributed by atoms with van der Waals surface area (Å²) in [5.74, 6) is 0.722. The van der Waals surface area contributed by atoms with E-state index in [0.717, 1.165) is 21.3 Å². The van der Waals surface area contributed by atoms with Gasteiger partial charge in [-0.3, -0.25) is 4.79 Å². The lowest BCUT2D eigenvalue weighted by molar-refractivity contribution is 0.0946. The Balaban J connectivity index is 1.83. The molecular weight excluding hydrogens is 330 g/mol. The monoisotopic (exact) mass is 347 g/mol. The fraction of sp³-hybridized carbons (Fsp3) is 0.235. The maximum absolute atomic E-state index is 12.1. The van der Waals surface area contributed by atoms with E-state index < -0.39 is 0 Å². The van der Waals surface area contributed by atoms with E-state index >= 15 is 0 Å². The SMILES string of the molecule is Cc1cccc(OCCNC(=O)c2cc(C)ccc2Br)c1. The summed E-state index contributed by atoms with van der Waals surface area (Å²) < 4.78 is 6.40. The summed E-state index contributed by atoms with van der Waals surface area (Å²) in [6, 6.07) is 13.6. The lowest BCUT2D eigenvalue weighted by Gasteiger charge is -2.09. The number of aryl methyl sites for hydroxylation is 2. The third-order valence-corrected chi connectivity index (χ3v) is 3.70. The van der Waals surface area contributed by atoms with E-state index in [1.54, 1.807) is 0 Å². The van der Waals surface area contributed by atoms with Crippen LogP contribution >= 0.6 is 15.9 Å². The fourth-order valence-corrected chi connectivity index (χ4v) is 2.37. The molecule has 3 nitrogen and oxygen atoms in total. The first-order valence-electron chi connectivity index (χ1n) is 6.80. The quantitative estimate of drug-likeness (QED) is 0.833. The van der Waals surface area contributed by atoms with Gasteiger partial charge in [-0.2, -0.15) is 0 Å². The normalized spacial score (nSPS) is 10.2. The standard InChI is InChI=1S/C17H18BrNO2/c1-12-4-3-5-14(10-12)21-9-8-19-17(20)15-11-13(2)6-7-16(15)18/h3-7,10-11H,8-9H2,1-2H3,(H,19,20). The Morgan fingerprint density at radius 1 is 1.14 bits per heavy atom. The predicted molar refractivity (Wildman–Crippen MR) is 87.9 cm³/mol. The Kier molecular flexibility index (Phi) is 5.39. The molecule has 0 saturated carbocycles. The highest BCUT2D eigenvalue weighted by atomic mass is 79.9. The lowest BCUT2D eigenvalue weighted by Crippen LogP contribution is -2.28. The molecule has 2 aromatic carbocycles. The van der Waals surface area contributed by atoms with Gasteiger partial charge < -0.3 is 10.1 Å². The summed E-state index contributed by atoms with van der Waals surface area (Å²) >= 11 is 3.39. The van der Waals surface area contributed by atoms with Crippen LogP contribution in [0.1, 0.15) is 21.5 Å². The molecule has 0 aliphatic heterocycles. The Morgan fingerprint density at radius 3 is 2.67 bits per heavy atom. The van der Waals surface area contributed by atoms with Gasteiger partial charge in [0.1, 0.15) is 12.4 Å². The van der Waals surface area contributed by atoms with Crippen molar-refractivity contribution < 1.29 is 9.53 Å². The Morgan fingerprint density at radius 2 is 1.90 bits per heavy atom. The molecule has 0 atom stereocenters. The molecule has 0 aliphatic carbocycles. The highest BCUT2D eigenvalue weighted by molar-refractivity contribution is 9.10. The van der Waals surface area contributed by atoms with E-state index in [2.05, 4.69) is 21.2 Å². The van der Waals surface area contributed by atoms with Gasteiger partial charge in [0, 0.05) is 4.47 Å². The van der Waals surface area contributed by atoms with Gasteiger partial charge in [-0.25, -0.2) is 0 Å². The lowest BCUT2D eigenvalue weighted by atomic mass is 10.1. The number of amides is 1. The van der Waals surface area contributed by atoms with Gasteiger partial charge in [-0.1, -0.05) is 23.8 Å². The number of rotatable bonds is 5. The van der Waals surface area contributed by atoms with Crippen LogP contribution in [0.4, 0.5) is 0 Å². The average molecular weight is 348 g/mol. The van der Waals surface area contributed by atoms with Crippen molar-refractivity contribution in [3.63, 3.8) is 0 Å². The van der Waals surface area contributed by atoms with Crippen LogP contribution in [0.5, 0.6) is 5.75 Å². The number of carbonyl (C=O) groups is 1. The summed E-state index contributed by atoms with van der Waals surface area (Å²) in [6.07, 6.45) is 0. The van der Waals surface area contributed by atoms with Crippen molar-refractivity contribution in [2.24, 2.45) is 0 Å². The van der Waals surface area contributed by atoms with Crippen LogP contribution in [0.15, 0.2) is 46.9 Å². The van der Waals surface area contributed by atoms with Gasteiger partial charge in [0.2, 0.25) is 0 Å². The second kappa shape index (κ2) is 7.27. The van der Waals surface area contributed by atoms with Crippen LogP contribution in [0, 0.1) is 13.8 Å². The molecule has 0 bridgehead atoms. The third kappa shape index (κ3) is 4.60. The number of nitrogens with one attached hydrogen (secondary N) is 1. The first-order chi connectivity index (χ1) is 10.1. The molecule has 4 heteroatoms. The van der Waals surface area contributed by atoms with Crippen molar-refractivity contribution in [1.82, 2.24) is 5.32 Å². The van der Waals surface area contributed by atoms with Crippen LogP contribution in [0.25, 0.3) is 0 Å². The van der Waals surface area contributed by atoms with Gasteiger partial charge in [-0.15, -0.1) is 0 Å². The molecule has 1 N–H and O–H groups in total. The number of carbonyl (C=O) groups excluding carboxylic acids is 1. The zero-order valence-electron chi connectivity index (χ0n) is 12.2. The minimum absolute atomic E-state index is 0.0987. The Bertz CT molecular complexity index is 640. The van der Waals surface area contributed by atoms with Crippen molar-refractivity contribution in [2.75, 3.05) is 13.2 Å². The molecule has 1 amide bonds. The van der Waals surface area contributed by atoms with E-state index in [1.165, 1.54) is 0 Å². The molecule has 21 heavy (non-hydrogen) atoms. The number of hydrogen-bond acceptors (Lipinski definition) is 2. The largest absolute Gasteiger partial charge is 0.492 e. The average Bonchev–Trinajstić information content (AvgIpc) is 2.46. The molecule has 0 aliphatic rings. The summed E-state index contributed by atoms with van der Waals surface area (Å²) in [7, 11) is 0. The number of hydrogen-bond donors (Lipinski definition) is 1. The summed E-state index contributed by atoms with van der Waals surface area (Å²) in [5.41, 5.74) is 2.85. The molecule has 0 aromatic heterocycles. The Hall–Kier alpha value is -1.81. The molecule has 0 unspecified atom stereocenters. The molecule has 0 radical (unpaired) electrons. The second-order valence-corrected chi connectivity index (χ2v) is 5.76. The van der Waals surface area contributed by atoms with Gasteiger partial charge in [0.25, 0.3) is 5.91 Å². The molecule has 2 rings (SSSR count). The zero-order valence-corrected chi connectivity index (χ0v) is 13.7. The highest BCUT2D eigenvalue weighted by Crippen LogP contribution is 2.18. The minimum Gasteiger partial charge on any atom is -0.492 e. The smallest absolute Gasteiger partial charge is 0.252 e. The van der Waals surface area contributed by atoms with Gasteiger partial charge >= 0.3 is 0 Å². The zero-order chi connectivity index (χ0) is 15.2. The van der Waals surface area contributed by atoms with Crippen molar-refractivity contribution >= 4 is 21.8 Å². The molecule has 2 aromatic rings. The van der Waals surface area contributed by atoms with Gasteiger partial charge in [0.05, 0.1) is 12.1 Å². The number of benzene rings is 2. The summed E-state index contributed by atoms with van der Waals surface area (Å²) in [5, 5.41) is 2.86. The highest BCUT2D eigenvalue weighted by Gasteiger charge is 2.09. The molecule has 110 valence electrons. The fourth-order valence-electron chi connectivity index (χ4n) is 1.95. The maximum Gasteiger partial charge on any atom is 0.252 e. The van der Waals surface area contributed by atoms with E-state index in [9.17, 15) is 4.79 Å². The topological polar surface area (TPSA) is 38.3 Å². The third-order valence-electron chi connectivity index (χ3n) is 3.01. The van der Waals surface area contributed by atoms with Gasteiger partial charge in [0.15, 0.2) is 0 Å². The first kappa shape index (κ1) is 15.6. The first-order valence-corrected chi connectivity index (χ1v) is 7.59. The minimum atomic E-state index is -0.0987. The number of ether oxygens (including phenoxy) is 1. The van der Waals surface area contributed by atoms with E-state index in [1.807, 2.05) is 56.3 Å². The van der Waals surface area contributed by atoms with Crippen molar-refractivity contribution in [1.29, 1.82) is 0 Å². The molecule has 0 saturated heterocycles. The van der Waals surface area contributed by atoms with Crippen LogP contribution in [0.2, 0.25) is 0 Å². The predicted octanol–water partition coefficient (Wildman–Crippen LogP) is 3.87. The number of halogens is 1. The molecule has 0 spiro atoms. The summed E-state index contributed by atoms with van der Waals surface area (Å²) in [4.78, 5) is 12.1. The van der Waals surface area contributed by atoms with E-state index in [4.69, 9.17) is 4.74 Å². The van der Waals surface area contributed by atoms with Crippen molar-refractivity contribution in [3.05, 3.63) is 63.6 Å². The van der Waals surface area contributed by atoms with Crippen molar-refractivity contribution in [3.8, 4) is 5.75 Å².